The second kappa shape index (κ2) is 65.4. The number of rotatable bonds is 66. The molecule has 10 heteroatoms. The average molecular weight is 1130 g/mol. The lowest BCUT2D eigenvalue weighted by Crippen LogP contribution is -2.29. The second-order valence-electron chi connectivity index (χ2n) is 23.4. The average Bonchev–Trinajstić information content (AvgIpc) is 3.44. The van der Waals surface area contributed by atoms with Crippen molar-refractivity contribution in [1.29, 1.82) is 0 Å². The Hall–Kier alpha value is -1.77. The van der Waals surface area contributed by atoms with Gasteiger partial charge in [-0.2, -0.15) is 0 Å². The number of unbranched alkanes of at least 4 members (excludes halogenated alkanes) is 47. The molecule has 0 aromatic carbocycles. The lowest BCUT2D eigenvalue weighted by Gasteiger charge is -2.19. The van der Waals surface area contributed by atoms with E-state index in [1.165, 1.54) is 270 Å². The Morgan fingerprint density at radius 2 is 0.658 bits per heavy atom. The number of phosphoric acid groups is 1. The van der Waals surface area contributed by atoms with Crippen molar-refractivity contribution < 1.29 is 37.6 Å². The van der Waals surface area contributed by atoms with Crippen molar-refractivity contribution in [3.63, 3.8) is 0 Å². The van der Waals surface area contributed by atoms with Gasteiger partial charge in [0.25, 0.3) is 0 Å². The molecule has 466 valence electrons. The minimum atomic E-state index is -4.39. The van der Waals surface area contributed by atoms with Crippen LogP contribution in [0, 0.1) is 0 Å². The molecule has 0 fully saturated rings. The molecule has 0 bridgehead atoms. The van der Waals surface area contributed by atoms with E-state index in [1.807, 2.05) is 0 Å². The van der Waals surface area contributed by atoms with Crippen LogP contribution >= 0.6 is 7.82 Å². The highest BCUT2D eigenvalue weighted by atomic mass is 31.2. The van der Waals surface area contributed by atoms with E-state index in [0.29, 0.717) is 6.42 Å². The Kier molecular flexibility index (Phi) is 63.9. The van der Waals surface area contributed by atoms with Crippen LogP contribution in [0.5, 0.6) is 0 Å². The van der Waals surface area contributed by atoms with E-state index in [1.54, 1.807) is 0 Å². The van der Waals surface area contributed by atoms with Gasteiger partial charge in [0, 0.05) is 19.4 Å². The monoisotopic (exact) mass is 1130 g/mol. The van der Waals surface area contributed by atoms with Gasteiger partial charge in [-0.15, -0.1) is 0 Å². The third kappa shape index (κ3) is 65.3. The van der Waals surface area contributed by atoms with Crippen molar-refractivity contribution in [3.8, 4) is 0 Å². The van der Waals surface area contributed by atoms with Crippen LogP contribution in [0.2, 0.25) is 0 Å². The fourth-order valence-corrected chi connectivity index (χ4v) is 11.2. The van der Waals surface area contributed by atoms with Gasteiger partial charge in [0.15, 0.2) is 6.10 Å². The Balaban J connectivity index is 3.81. The number of phosphoric ester groups is 1. The van der Waals surface area contributed by atoms with E-state index in [0.717, 1.165) is 57.8 Å². The molecule has 0 radical (unpaired) electrons. The Morgan fingerprint density at radius 1 is 0.380 bits per heavy atom. The van der Waals surface area contributed by atoms with E-state index in [4.69, 9.17) is 24.3 Å². The maximum atomic E-state index is 12.7. The van der Waals surface area contributed by atoms with Crippen molar-refractivity contribution in [2.45, 2.75) is 367 Å². The molecule has 0 aliphatic rings. The van der Waals surface area contributed by atoms with E-state index >= 15 is 0 Å². The van der Waals surface area contributed by atoms with Crippen LogP contribution in [-0.2, 0) is 32.7 Å². The van der Waals surface area contributed by atoms with Gasteiger partial charge in [-0.05, 0) is 51.4 Å². The number of carbonyl (C=O) groups excluding carboxylic acids is 2. The number of hydrogen-bond donors (Lipinski definition) is 2. The molecule has 0 saturated heterocycles. The molecule has 0 aliphatic heterocycles. The van der Waals surface area contributed by atoms with Crippen molar-refractivity contribution in [2.75, 3.05) is 26.4 Å². The lowest BCUT2D eigenvalue weighted by molar-refractivity contribution is -0.161. The van der Waals surface area contributed by atoms with Crippen molar-refractivity contribution in [2.24, 2.45) is 5.73 Å². The summed E-state index contributed by atoms with van der Waals surface area (Å²) in [5.41, 5.74) is 5.40. The Morgan fingerprint density at radius 3 is 0.975 bits per heavy atom. The fraction of sp³-hybridized carbons (Fsp3) is 0.884. The van der Waals surface area contributed by atoms with Gasteiger partial charge >= 0.3 is 19.8 Å². The molecule has 9 nitrogen and oxygen atoms in total. The van der Waals surface area contributed by atoms with Gasteiger partial charge in [0.2, 0.25) is 0 Å². The van der Waals surface area contributed by atoms with Crippen LogP contribution in [-0.4, -0.2) is 49.3 Å². The molecule has 0 spiro atoms. The molecule has 0 rings (SSSR count). The van der Waals surface area contributed by atoms with Gasteiger partial charge in [0.1, 0.15) is 6.61 Å². The normalized spacial score (nSPS) is 13.1. The van der Waals surface area contributed by atoms with Crippen LogP contribution in [0.25, 0.3) is 0 Å². The molecule has 0 amide bonds. The predicted molar refractivity (Wildman–Crippen MR) is 340 cm³/mol. The summed E-state index contributed by atoms with van der Waals surface area (Å²) >= 11 is 0. The summed E-state index contributed by atoms with van der Waals surface area (Å²) in [5, 5.41) is 0. The molecule has 0 aromatic heterocycles. The van der Waals surface area contributed by atoms with Crippen LogP contribution in [0.3, 0.4) is 0 Å². The number of carbonyl (C=O) groups is 2. The molecular weight excluding hydrogens is 1000 g/mol. The van der Waals surface area contributed by atoms with Crippen molar-refractivity contribution in [1.82, 2.24) is 0 Å². The first-order valence-electron chi connectivity index (χ1n) is 34.5. The SMILES string of the molecule is CCCCCCC/C=C\C/C=C\C/C=C\CCCCCCCCCCC(=O)OC(COC(=O)CCCCCCCCCCCCCCCCCCCCCCCCCCCCCCCCCCCCC)COP(=O)(O)OCCN. The van der Waals surface area contributed by atoms with Gasteiger partial charge in [-0.3, -0.25) is 18.6 Å². The zero-order valence-corrected chi connectivity index (χ0v) is 53.3. The van der Waals surface area contributed by atoms with Gasteiger partial charge in [-0.1, -0.05) is 333 Å². The largest absolute Gasteiger partial charge is 0.472 e. The highest BCUT2D eigenvalue weighted by Gasteiger charge is 2.26. The third-order valence-electron chi connectivity index (χ3n) is 15.5. The number of nitrogens with two attached hydrogens (primary N) is 1. The van der Waals surface area contributed by atoms with E-state index in [-0.39, 0.29) is 38.6 Å². The quantitative estimate of drug-likeness (QED) is 0.0264. The lowest BCUT2D eigenvalue weighted by atomic mass is 10.0. The summed E-state index contributed by atoms with van der Waals surface area (Å²) < 4.78 is 33.1. The zero-order valence-electron chi connectivity index (χ0n) is 52.4. The van der Waals surface area contributed by atoms with Crippen LogP contribution in [0.1, 0.15) is 361 Å². The molecule has 0 aromatic rings. The number of allylic oxidation sites excluding steroid dienone is 6. The first-order valence-corrected chi connectivity index (χ1v) is 36.0. The van der Waals surface area contributed by atoms with Crippen molar-refractivity contribution >= 4 is 19.8 Å². The maximum Gasteiger partial charge on any atom is 0.472 e. The topological polar surface area (TPSA) is 134 Å². The second-order valence-corrected chi connectivity index (χ2v) is 24.9. The van der Waals surface area contributed by atoms with Crippen LogP contribution < -0.4 is 5.73 Å². The molecule has 0 heterocycles. The first-order chi connectivity index (χ1) is 38.8. The maximum absolute atomic E-state index is 12.7. The smallest absolute Gasteiger partial charge is 0.462 e. The standard InChI is InChI=1S/C69H132NO8P/c1-3-5-7-9-11-13-15-17-19-21-23-25-27-28-29-30-31-32-33-34-35-36-37-38-40-41-43-45-47-49-51-53-55-57-59-61-68(71)75-65-67(66-77-79(73,74)76-64-63-70)78-69(72)62-60-58-56-54-52-50-48-46-44-42-39-26-24-22-20-18-16-14-12-10-8-6-4-2/h16,18,22,24,39,42,67H,3-15,17,19-21,23,25-38,40-41,43-66,70H2,1-2H3,(H,73,74)/b18-16-,24-22-,42-39-. The summed E-state index contributed by atoms with van der Waals surface area (Å²) in [6, 6.07) is 0. The Labute approximate surface area is 490 Å². The summed E-state index contributed by atoms with van der Waals surface area (Å²) in [6.07, 6.45) is 81.1. The molecule has 2 unspecified atom stereocenters. The van der Waals surface area contributed by atoms with Gasteiger partial charge < -0.3 is 20.1 Å². The molecule has 3 N–H and O–H groups in total. The molecular formula is C69H132NO8P. The van der Waals surface area contributed by atoms with E-state index in [9.17, 15) is 19.0 Å². The zero-order chi connectivity index (χ0) is 57.3. The highest BCUT2D eigenvalue weighted by Crippen LogP contribution is 2.43. The minimum absolute atomic E-state index is 0.0532. The molecule has 0 saturated carbocycles. The predicted octanol–water partition coefficient (Wildman–Crippen LogP) is 22.3. The van der Waals surface area contributed by atoms with Crippen LogP contribution in [0.15, 0.2) is 36.5 Å². The van der Waals surface area contributed by atoms with Gasteiger partial charge in [0.05, 0.1) is 13.2 Å². The fourth-order valence-electron chi connectivity index (χ4n) is 10.4. The number of esters is 2. The first kappa shape index (κ1) is 77.2. The molecule has 79 heavy (non-hydrogen) atoms. The number of hydrogen-bond acceptors (Lipinski definition) is 8. The Bertz CT molecular complexity index is 1390. The van der Waals surface area contributed by atoms with Gasteiger partial charge in [-0.25, -0.2) is 4.57 Å². The van der Waals surface area contributed by atoms with E-state index in [2.05, 4.69) is 50.3 Å². The third-order valence-corrected chi connectivity index (χ3v) is 16.5. The summed E-state index contributed by atoms with van der Waals surface area (Å²) in [7, 11) is -4.39. The molecule has 0 aliphatic carbocycles. The summed E-state index contributed by atoms with van der Waals surface area (Å²) in [6.45, 7) is 3.79. The van der Waals surface area contributed by atoms with Crippen molar-refractivity contribution in [3.05, 3.63) is 36.5 Å². The summed E-state index contributed by atoms with van der Waals surface area (Å²) in [4.78, 5) is 35.3. The van der Waals surface area contributed by atoms with Crippen LogP contribution in [0.4, 0.5) is 0 Å². The number of ether oxygens (including phenoxy) is 2. The summed E-state index contributed by atoms with van der Waals surface area (Å²) in [5.74, 6) is -0.818. The minimum Gasteiger partial charge on any atom is -0.462 e. The van der Waals surface area contributed by atoms with E-state index < -0.39 is 26.5 Å². The highest BCUT2D eigenvalue weighted by molar-refractivity contribution is 7.47. The molecule has 2 atom stereocenters.